The van der Waals surface area contributed by atoms with Crippen LogP contribution in [0.1, 0.15) is 21.6 Å². The average Bonchev–Trinajstić information content (AvgIpc) is 2.92. The number of amides is 1. The molecule has 0 N–H and O–H groups in total. The van der Waals surface area contributed by atoms with E-state index in [1.165, 1.54) is 22.7 Å². The summed E-state index contributed by atoms with van der Waals surface area (Å²) in [4.78, 5) is 14.1. The Morgan fingerprint density at radius 2 is 1.88 bits per heavy atom. The Labute approximate surface area is 154 Å². The zero-order chi connectivity index (χ0) is 18.8. The Morgan fingerprint density at radius 3 is 2.54 bits per heavy atom. The first-order valence-corrected chi connectivity index (χ1v) is 8.26. The SMILES string of the molecule is Cc1nn(-c2ccccc2)c(Cl)c1C(=O)N(C)Cc1ccc(F)cc1F. The first kappa shape index (κ1) is 18.1. The zero-order valence-corrected chi connectivity index (χ0v) is 15.0. The standard InChI is InChI=1S/C19H16ClF2N3O/c1-12-17(18(20)25(23-12)15-6-4-3-5-7-15)19(26)24(2)11-13-8-9-14(21)10-16(13)22/h3-10H,11H2,1-2H3. The van der Waals surface area contributed by atoms with E-state index in [4.69, 9.17) is 11.6 Å². The molecule has 0 fully saturated rings. The molecule has 1 aromatic heterocycles. The van der Waals surface area contributed by atoms with E-state index < -0.39 is 17.5 Å². The van der Waals surface area contributed by atoms with Gasteiger partial charge in [-0.25, -0.2) is 13.5 Å². The third-order valence-corrected chi connectivity index (χ3v) is 4.34. The Balaban J connectivity index is 1.89. The lowest BCUT2D eigenvalue weighted by atomic mass is 10.1. The van der Waals surface area contributed by atoms with Crippen LogP contribution in [0.5, 0.6) is 0 Å². The summed E-state index contributed by atoms with van der Waals surface area (Å²) in [5, 5.41) is 4.52. The highest BCUT2D eigenvalue weighted by atomic mass is 35.5. The second kappa shape index (κ2) is 7.25. The molecule has 0 aliphatic carbocycles. The van der Waals surface area contributed by atoms with Crippen LogP contribution in [0.15, 0.2) is 48.5 Å². The number of benzene rings is 2. The van der Waals surface area contributed by atoms with Crippen LogP contribution in [0, 0.1) is 18.6 Å². The number of carbonyl (C=O) groups is 1. The van der Waals surface area contributed by atoms with Gasteiger partial charge in [0, 0.05) is 25.2 Å². The van der Waals surface area contributed by atoms with Crippen molar-refractivity contribution in [3.05, 3.63) is 82.1 Å². The molecule has 134 valence electrons. The van der Waals surface area contributed by atoms with Gasteiger partial charge in [0.25, 0.3) is 5.91 Å². The second-order valence-electron chi connectivity index (χ2n) is 5.90. The van der Waals surface area contributed by atoms with Gasteiger partial charge in [-0.3, -0.25) is 4.79 Å². The van der Waals surface area contributed by atoms with Crippen molar-refractivity contribution < 1.29 is 13.6 Å². The van der Waals surface area contributed by atoms with Crippen molar-refractivity contribution in [3.8, 4) is 5.69 Å². The summed E-state index contributed by atoms with van der Waals surface area (Å²) < 4.78 is 28.4. The van der Waals surface area contributed by atoms with Crippen molar-refractivity contribution in [2.24, 2.45) is 0 Å². The Hall–Kier alpha value is -2.73. The van der Waals surface area contributed by atoms with Gasteiger partial charge in [0.15, 0.2) is 0 Å². The summed E-state index contributed by atoms with van der Waals surface area (Å²) in [6.45, 7) is 1.67. The fraction of sp³-hybridized carbons (Fsp3) is 0.158. The summed E-state index contributed by atoms with van der Waals surface area (Å²) in [5.41, 5.74) is 1.66. The van der Waals surface area contributed by atoms with Gasteiger partial charge in [0.2, 0.25) is 0 Å². The monoisotopic (exact) mass is 375 g/mol. The molecule has 0 unspecified atom stereocenters. The Bertz CT molecular complexity index is 957. The predicted octanol–water partition coefficient (Wildman–Crippen LogP) is 4.38. The number of halogens is 3. The van der Waals surface area contributed by atoms with Gasteiger partial charge in [-0.2, -0.15) is 5.10 Å². The summed E-state index contributed by atoms with van der Waals surface area (Å²) in [6.07, 6.45) is 0. The molecular weight excluding hydrogens is 360 g/mol. The molecule has 7 heteroatoms. The lowest BCUT2D eigenvalue weighted by Crippen LogP contribution is -2.27. The average molecular weight is 376 g/mol. The van der Waals surface area contributed by atoms with Crippen LogP contribution in [-0.2, 0) is 6.54 Å². The fourth-order valence-corrected chi connectivity index (χ4v) is 3.00. The minimum Gasteiger partial charge on any atom is -0.337 e. The first-order chi connectivity index (χ1) is 12.4. The van der Waals surface area contributed by atoms with Crippen LogP contribution in [0.3, 0.4) is 0 Å². The predicted molar refractivity (Wildman–Crippen MR) is 95.5 cm³/mol. The van der Waals surface area contributed by atoms with Crippen LogP contribution < -0.4 is 0 Å². The van der Waals surface area contributed by atoms with E-state index >= 15 is 0 Å². The lowest BCUT2D eigenvalue weighted by molar-refractivity contribution is 0.0783. The molecule has 0 bridgehead atoms. The van der Waals surface area contributed by atoms with Crippen molar-refractivity contribution in [2.45, 2.75) is 13.5 Å². The van der Waals surface area contributed by atoms with E-state index in [-0.39, 0.29) is 22.8 Å². The zero-order valence-electron chi connectivity index (χ0n) is 14.2. The van der Waals surface area contributed by atoms with Crippen LogP contribution in [0.25, 0.3) is 5.69 Å². The normalized spacial score (nSPS) is 10.8. The van der Waals surface area contributed by atoms with E-state index in [1.807, 2.05) is 30.3 Å². The van der Waals surface area contributed by atoms with Crippen molar-refractivity contribution in [1.29, 1.82) is 0 Å². The molecule has 26 heavy (non-hydrogen) atoms. The summed E-state index contributed by atoms with van der Waals surface area (Å²) in [6, 6.07) is 12.5. The van der Waals surface area contributed by atoms with E-state index in [1.54, 1.807) is 6.92 Å². The summed E-state index contributed by atoms with van der Waals surface area (Å²) >= 11 is 6.39. The van der Waals surface area contributed by atoms with Crippen LogP contribution in [0.2, 0.25) is 5.15 Å². The maximum atomic E-state index is 13.8. The maximum Gasteiger partial charge on any atom is 0.258 e. The molecular formula is C19H16ClF2N3O. The van der Waals surface area contributed by atoms with Gasteiger partial charge < -0.3 is 4.90 Å². The van der Waals surface area contributed by atoms with E-state index in [0.29, 0.717) is 5.69 Å². The third kappa shape index (κ3) is 3.46. The minimum atomic E-state index is -0.701. The molecule has 3 rings (SSSR count). The topological polar surface area (TPSA) is 38.1 Å². The number of para-hydroxylation sites is 1. The number of aryl methyl sites for hydroxylation is 1. The Kier molecular flexibility index (Phi) is 5.04. The molecule has 0 spiro atoms. The Morgan fingerprint density at radius 1 is 1.19 bits per heavy atom. The minimum absolute atomic E-state index is 0.0166. The van der Waals surface area contributed by atoms with Crippen molar-refractivity contribution >= 4 is 17.5 Å². The molecule has 1 amide bonds. The number of carbonyl (C=O) groups excluding carboxylic acids is 1. The van der Waals surface area contributed by atoms with Crippen molar-refractivity contribution in [1.82, 2.24) is 14.7 Å². The van der Waals surface area contributed by atoms with Gasteiger partial charge in [-0.1, -0.05) is 35.9 Å². The molecule has 0 saturated carbocycles. The number of nitrogens with zero attached hydrogens (tertiary/aromatic N) is 3. The van der Waals surface area contributed by atoms with Gasteiger partial charge in [0.05, 0.1) is 16.9 Å². The number of hydrogen-bond donors (Lipinski definition) is 0. The maximum absolute atomic E-state index is 13.8. The van der Waals surface area contributed by atoms with Gasteiger partial charge in [-0.15, -0.1) is 0 Å². The fourth-order valence-electron chi connectivity index (χ4n) is 2.65. The van der Waals surface area contributed by atoms with E-state index in [9.17, 15) is 13.6 Å². The quantitative estimate of drug-likeness (QED) is 0.678. The van der Waals surface area contributed by atoms with Gasteiger partial charge >= 0.3 is 0 Å². The molecule has 0 radical (unpaired) electrons. The molecule has 2 aromatic carbocycles. The van der Waals surface area contributed by atoms with Crippen LogP contribution >= 0.6 is 11.6 Å². The van der Waals surface area contributed by atoms with Gasteiger partial charge in [0.1, 0.15) is 16.8 Å². The highest BCUT2D eigenvalue weighted by Crippen LogP contribution is 2.25. The first-order valence-electron chi connectivity index (χ1n) is 7.88. The molecule has 0 saturated heterocycles. The largest absolute Gasteiger partial charge is 0.337 e. The second-order valence-corrected chi connectivity index (χ2v) is 6.25. The van der Waals surface area contributed by atoms with Crippen molar-refractivity contribution in [2.75, 3.05) is 7.05 Å². The van der Waals surface area contributed by atoms with Crippen molar-refractivity contribution in [3.63, 3.8) is 0 Å². The molecule has 0 atom stereocenters. The van der Waals surface area contributed by atoms with E-state index in [0.717, 1.165) is 17.8 Å². The number of hydrogen-bond acceptors (Lipinski definition) is 2. The summed E-state index contributed by atoms with van der Waals surface area (Å²) in [7, 11) is 1.53. The van der Waals surface area contributed by atoms with E-state index in [2.05, 4.69) is 5.10 Å². The molecule has 1 heterocycles. The number of rotatable bonds is 4. The molecule has 4 nitrogen and oxygen atoms in total. The third-order valence-electron chi connectivity index (χ3n) is 3.99. The number of aromatic nitrogens is 2. The highest BCUT2D eigenvalue weighted by molar-refractivity contribution is 6.33. The van der Waals surface area contributed by atoms with Crippen LogP contribution in [-0.4, -0.2) is 27.6 Å². The summed E-state index contributed by atoms with van der Waals surface area (Å²) in [5.74, 6) is -1.76. The van der Waals surface area contributed by atoms with Gasteiger partial charge in [-0.05, 0) is 25.1 Å². The lowest BCUT2D eigenvalue weighted by Gasteiger charge is -2.17. The molecule has 0 aliphatic heterocycles. The smallest absolute Gasteiger partial charge is 0.258 e. The molecule has 0 aliphatic rings. The van der Waals surface area contributed by atoms with Crippen LogP contribution in [0.4, 0.5) is 8.78 Å². The highest BCUT2D eigenvalue weighted by Gasteiger charge is 2.24. The molecule has 3 aromatic rings.